The average molecular weight is 341 g/mol. The summed E-state index contributed by atoms with van der Waals surface area (Å²) in [7, 11) is 0. The van der Waals surface area contributed by atoms with Crippen LogP contribution in [0.25, 0.3) is 10.2 Å². The first-order valence-electron chi connectivity index (χ1n) is 5.89. The van der Waals surface area contributed by atoms with Gasteiger partial charge in [-0.1, -0.05) is 34.7 Å². The minimum absolute atomic E-state index is 0.179. The normalized spacial score (nSPS) is 11.0. The first-order chi connectivity index (χ1) is 10.1. The second-order valence-electron chi connectivity index (χ2n) is 4.05. The molecule has 3 rings (SSSR count). The summed E-state index contributed by atoms with van der Waals surface area (Å²) in [5.74, 6) is 0.472. The van der Waals surface area contributed by atoms with Crippen molar-refractivity contribution in [2.24, 2.45) is 0 Å². The van der Waals surface area contributed by atoms with Gasteiger partial charge in [-0.05, 0) is 18.2 Å². The van der Waals surface area contributed by atoms with Gasteiger partial charge >= 0.3 is 0 Å². The van der Waals surface area contributed by atoms with E-state index in [1.807, 2.05) is 12.1 Å². The minimum Gasteiger partial charge on any atom is -0.416 e. The zero-order valence-electron chi connectivity index (χ0n) is 10.8. The van der Waals surface area contributed by atoms with E-state index in [9.17, 15) is 4.79 Å². The molecule has 3 aromatic rings. The Kier molecular flexibility index (Phi) is 4.09. The first kappa shape index (κ1) is 14.3. The van der Waals surface area contributed by atoms with Gasteiger partial charge < -0.3 is 9.73 Å². The Labute approximate surface area is 132 Å². The summed E-state index contributed by atoms with van der Waals surface area (Å²) < 4.78 is 6.11. The Balaban J connectivity index is 1.63. The highest BCUT2D eigenvalue weighted by atomic mass is 35.5. The zero-order valence-corrected chi connectivity index (χ0v) is 13.2. The maximum atomic E-state index is 11.9. The number of carbonyl (C=O) groups is 1. The molecule has 0 radical (unpaired) electrons. The highest BCUT2D eigenvalue weighted by Gasteiger charge is 2.11. The van der Waals surface area contributed by atoms with Crippen molar-refractivity contribution >= 4 is 56.0 Å². The van der Waals surface area contributed by atoms with Gasteiger partial charge in [-0.15, -0.1) is 10.2 Å². The third kappa shape index (κ3) is 3.52. The minimum atomic E-state index is -0.180. The van der Waals surface area contributed by atoms with Crippen molar-refractivity contribution in [3.05, 3.63) is 29.1 Å². The summed E-state index contributed by atoms with van der Waals surface area (Å²) in [6.07, 6.45) is 0. The van der Waals surface area contributed by atoms with E-state index < -0.39 is 0 Å². The molecule has 0 bridgehead atoms. The summed E-state index contributed by atoms with van der Waals surface area (Å²) in [4.78, 5) is 16.2. The van der Waals surface area contributed by atoms with Gasteiger partial charge in [0.25, 0.3) is 5.22 Å². The number of carbonyl (C=O) groups excluding carboxylic acids is 1. The molecule has 1 amide bonds. The van der Waals surface area contributed by atoms with Gasteiger partial charge in [0.1, 0.15) is 0 Å². The average Bonchev–Trinajstić information content (AvgIpc) is 3.01. The number of thioether (sulfide) groups is 1. The number of aromatic nitrogens is 3. The second-order valence-corrected chi connectivity index (χ2v) is 6.45. The largest absolute Gasteiger partial charge is 0.416 e. The standard InChI is InChI=1S/C12H9ClN4O2S2/c1-6-16-17-12(19-6)20-5-10(18)15-11-14-8-3-2-7(13)4-9(8)21-11/h2-4H,5H2,1H3,(H,14,15,18). The SMILES string of the molecule is Cc1nnc(SCC(=O)Nc2nc3ccc(Cl)cc3s2)o1. The van der Waals surface area contributed by atoms with Gasteiger partial charge in [0.05, 0.1) is 16.0 Å². The van der Waals surface area contributed by atoms with E-state index in [1.54, 1.807) is 13.0 Å². The summed E-state index contributed by atoms with van der Waals surface area (Å²) in [6.45, 7) is 1.70. The molecule has 1 N–H and O–H groups in total. The number of hydrogen-bond donors (Lipinski definition) is 1. The molecule has 0 aliphatic carbocycles. The molecule has 0 spiro atoms. The zero-order chi connectivity index (χ0) is 14.8. The number of benzene rings is 1. The molecule has 6 nitrogen and oxygen atoms in total. The summed E-state index contributed by atoms with van der Waals surface area (Å²) in [5.41, 5.74) is 0.805. The van der Waals surface area contributed by atoms with Crippen LogP contribution in [0, 0.1) is 6.92 Å². The van der Waals surface area contributed by atoms with Crippen LogP contribution in [-0.2, 0) is 4.79 Å². The number of halogens is 1. The lowest BCUT2D eigenvalue weighted by Crippen LogP contribution is -2.13. The molecule has 2 aromatic heterocycles. The molecule has 108 valence electrons. The number of aryl methyl sites for hydroxylation is 1. The predicted octanol–water partition coefficient (Wildman–Crippen LogP) is 3.37. The smallest absolute Gasteiger partial charge is 0.277 e. The monoisotopic (exact) mass is 340 g/mol. The molecule has 2 heterocycles. The van der Waals surface area contributed by atoms with E-state index in [-0.39, 0.29) is 11.7 Å². The fraction of sp³-hybridized carbons (Fsp3) is 0.167. The number of fused-ring (bicyclic) bond motifs is 1. The van der Waals surface area contributed by atoms with Crippen LogP contribution >= 0.6 is 34.7 Å². The van der Waals surface area contributed by atoms with E-state index >= 15 is 0 Å². The number of rotatable bonds is 4. The predicted molar refractivity (Wildman–Crippen MR) is 83.0 cm³/mol. The van der Waals surface area contributed by atoms with Crippen LogP contribution in [0.5, 0.6) is 0 Å². The third-order valence-corrected chi connectivity index (χ3v) is 4.42. The number of nitrogens with zero attached hydrogens (tertiary/aromatic N) is 3. The number of anilines is 1. The van der Waals surface area contributed by atoms with Crippen molar-refractivity contribution in [3.63, 3.8) is 0 Å². The van der Waals surface area contributed by atoms with Gasteiger partial charge in [-0.2, -0.15) is 0 Å². The van der Waals surface area contributed by atoms with Crippen LogP contribution in [0.3, 0.4) is 0 Å². The van der Waals surface area contributed by atoms with E-state index in [2.05, 4.69) is 20.5 Å². The van der Waals surface area contributed by atoms with Crippen LogP contribution in [0.2, 0.25) is 5.02 Å². The molecule has 0 unspecified atom stereocenters. The molecule has 0 fully saturated rings. The van der Waals surface area contributed by atoms with Gasteiger partial charge in [-0.25, -0.2) is 4.98 Å². The topological polar surface area (TPSA) is 80.9 Å². The summed E-state index contributed by atoms with van der Waals surface area (Å²) in [6, 6.07) is 5.41. The Hall–Kier alpha value is -1.64. The van der Waals surface area contributed by atoms with Crippen molar-refractivity contribution in [1.82, 2.24) is 15.2 Å². The van der Waals surface area contributed by atoms with Crippen LogP contribution < -0.4 is 5.32 Å². The van der Waals surface area contributed by atoms with Gasteiger partial charge in [0.15, 0.2) is 5.13 Å². The Bertz CT molecular complexity index is 802. The van der Waals surface area contributed by atoms with Crippen molar-refractivity contribution in [2.45, 2.75) is 12.1 Å². The summed E-state index contributed by atoms with van der Waals surface area (Å²) in [5, 5.41) is 11.8. The van der Waals surface area contributed by atoms with Crippen molar-refractivity contribution in [1.29, 1.82) is 0 Å². The Morgan fingerprint density at radius 3 is 3.10 bits per heavy atom. The molecule has 0 saturated carbocycles. The van der Waals surface area contributed by atoms with Crippen LogP contribution in [0.15, 0.2) is 27.8 Å². The number of hydrogen-bond acceptors (Lipinski definition) is 7. The van der Waals surface area contributed by atoms with E-state index in [0.29, 0.717) is 21.3 Å². The second kappa shape index (κ2) is 6.00. The lowest BCUT2D eigenvalue weighted by molar-refractivity contribution is -0.113. The molecule has 1 aromatic carbocycles. The quantitative estimate of drug-likeness (QED) is 0.733. The maximum Gasteiger partial charge on any atom is 0.277 e. The molecule has 0 atom stereocenters. The fourth-order valence-corrected chi connectivity index (χ4v) is 3.33. The number of amides is 1. The number of thiazole rings is 1. The molecule has 0 saturated heterocycles. The lowest BCUT2D eigenvalue weighted by Gasteiger charge is -1.98. The number of nitrogens with one attached hydrogen (secondary N) is 1. The van der Waals surface area contributed by atoms with Gasteiger partial charge in [0.2, 0.25) is 11.8 Å². The molecule has 0 aliphatic rings. The highest BCUT2D eigenvalue weighted by molar-refractivity contribution is 7.99. The van der Waals surface area contributed by atoms with Crippen molar-refractivity contribution < 1.29 is 9.21 Å². The maximum absolute atomic E-state index is 11.9. The molecule has 0 aliphatic heterocycles. The highest BCUT2D eigenvalue weighted by Crippen LogP contribution is 2.28. The Morgan fingerprint density at radius 2 is 2.33 bits per heavy atom. The Morgan fingerprint density at radius 1 is 1.48 bits per heavy atom. The lowest BCUT2D eigenvalue weighted by atomic mass is 10.3. The van der Waals surface area contributed by atoms with Crippen LogP contribution in [-0.4, -0.2) is 26.8 Å². The third-order valence-electron chi connectivity index (χ3n) is 2.43. The first-order valence-corrected chi connectivity index (χ1v) is 8.07. The van der Waals surface area contributed by atoms with E-state index in [0.717, 1.165) is 10.2 Å². The van der Waals surface area contributed by atoms with Gasteiger partial charge in [0, 0.05) is 11.9 Å². The van der Waals surface area contributed by atoms with Crippen molar-refractivity contribution in [3.8, 4) is 0 Å². The van der Waals surface area contributed by atoms with Crippen LogP contribution in [0.4, 0.5) is 5.13 Å². The van der Waals surface area contributed by atoms with Gasteiger partial charge in [-0.3, -0.25) is 4.79 Å². The summed E-state index contributed by atoms with van der Waals surface area (Å²) >= 11 is 8.48. The molecular formula is C12H9ClN4O2S2. The molecule has 9 heteroatoms. The fourth-order valence-electron chi connectivity index (χ4n) is 1.57. The van der Waals surface area contributed by atoms with E-state index in [1.165, 1.54) is 23.1 Å². The van der Waals surface area contributed by atoms with E-state index in [4.69, 9.17) is 16.0 Å². The molecule has 21 heavy (non-hydrogen) atoms. The molecular weight excluding hydrogens is 332 g/mol. The van der Waals surface area contributed by atoms with Crippen molar-refractivity contribution in [2.75, 3.05) is 11.1 Å². The van der Waals surface area contributed by atoms with Crippen LogP contribution in [0.1, 0.15) is 5.89 Å².